The first-order valence-electron chi connectivity index (χ1n) is 5.37. The lowest BCUT2D eigenvalue weighted by atomic mass is 9.97. The number of carbonyl (C=O) groups excluding carboxylic acids is 1. The first-order chi connectivity index (χ1) is 8.00. The Bertz CT molecular complexity index is 375. The topological polar surface area (TPSA) is 108 Å². The zero-order chi connectivity index (χ0) is 12.8. The third-order valence-corrected chi connectivity index (χ3v) is 2.26. The van der Waals surface area contributed by atoms with E-state index in [0.29, 0.717) is 6.42 Å². The van der Waals surface area contributed by atoms with Gasteiger partial charge in [0, 0.05) is 6.54 Å². The van der Waals surface area contributed by atoms with Crippen LogP contribution in [0.4, 0.5) is 0 Å². The van der Waals surface area contributed by atoms with Crippen molar-refractivity contribution in [1.82, 2.24) is 20.7 Å². The van der Waals surface area contributed by atoms with Crippen LogP contribution in [0.2, 0.25) is 0 Å². The maximum absolute atomic E-state index is 11.5. The van der Waals surface area contributed by atoms with E-state index < -0.39 is 17.8 Å². The second-order valence-electron chi connectivity index (χ2n) is 4.23. The number of hydrogen-bond donors (Lipinski definition) is 3. The molecule has 1 rings (SSSR count). The van der Waals surface area contributed by atoms with E-state index in [1.54, 1.807) is 0 Å². The van der Waals surface area contributed by atoms with Gasteiger partial charge in [-0.15, -0.1) is 0 Å². The summed E-state index contributed by atoms with van der Waals surface area (Å²) in [5.74, 6) is -1.64. The minimum Gasteiger partial charge on any atom is -0.481 e. The minimum atomic E-state index is -0.904. The van der Waals surface area contributed by atoms with E-state index in [9.17, 15) is 9.59 Å². The molecule has 1 aromatic heterocycles. The van der Waals surface area contributed by atoms with Gasteiger partial charge in [0.15, 0.2) is 5.69 Å². The third kappa shape index (κ3) is 4.21. The molecule has 1 aromatic rings. The summed E-state index contributed by atoms with van der Waals surface area (Å²) in [6.45, 7) is 3.98. The molecule has 0 spiro atoms. The molecule has 1 unspecified atom stereocenters. The van der Waals surface area contributed by atoms with Gasteiger partial charge in [-0.1, -0.05) is 13.8 Å². The predicted octanol–water partition coefficient (Wildman–Crippen LogP) is 0.281. The van der Waals surface area contributed by atoms with Crippen molar-refractivity contribution in [3.63, 3.8) is 0 Å². The van der Waals surface area contributed by atoms with Crippen molar-refractivity contribution in [1.29, 1.82) is 0 Å². The van der Waals surface area contributed by atoms with E-state index in [0.717, 1.165) is 0 Å². The number of nitrogens with one attached hydrogen (secondary N) is 2. The molecule has 1 amide bonds. The third-order valence-electron chi connectivity index (χ3n) is 2.26. The average molecular weight is 240 g/mol. The van der Waals surface area contributed by atoms with Crippen LogP contribution >= 0.6 is 0 Å². The monoisotopic (exact) mass is 240 g/mol. The van der Waals surface area contributed by atoms with Crippen molar-refractivity contribution in [3.8, 4) is 0 Å². The molecule has 17 heavy (non-hydrogen) atoms. The van der Waals surface area contributed by atoms with Gasteiger partial charge in [-0.25, -0.2) is 0 Å². The van der Waals surface area contributed by atoms with Gasteiger partial charge in [-0.2, -0.15) is 15.4 Å². The molecule has 0 bridgehead atoms. The molecule has 7 heteroatoms. The van der Waals surface area contributed by atoms with Gasteiger partial charge in [-0.3, -0.25) is 9.59 Å². The molecule has 0 saturated carbocycles. The summed E-state index contributed by atoms with van der Waals surface area (Å²) in [6.07, 6.45) is 1.81. The summed E-state index contributed by atoms with van der Waals surface area (Å²) in [5, 5.41) is 20.9. The lowest BCUT2D eigenvalue weighted by Gasteiger charge is -2.14. The second-order valence-corrected chi connectivity index (χ2v) is 4.23. The highest BCUT2D eigenvalue weighted by atomic mass is 16.4. The SMILES string of the molecule is CC(C)CC(CNC(=O)c1cn[nH]n1)C(=O)O. The molecular formula is C10H16N4O3. The molecule has 0 aliphatic carbocycles. The number of amides is 1. The summed E-state index contributed by atoms with van der Waals surface area (Å²) in [6, 6.07) is 0. The Hall–Kier alpha value is -1.92. The second kappa shape index (κ2) is 5.97. The van der Waals surface area contributed by atoms with Crippen LogP contribution in [0.1, 0.15) is 30.8 Å². The number of rotatable bonds is 6. The number of aliphatic carboxylic acids is 1. The number of carboxylic acid groups (broad SMARTS) is 1. The fourth-order valence-electron chi connectivity index (χ4n) is 1.46. The largest absolute Gasteiger partial charge is 0.481 e. The maximum Gasteiger partial charge on any atom is 0.308 e. The van der Waals surface area contributed by atoms with E-state index in [1.165, 1.54) is 6.20 Å². The van der Waals surface area contributed by atoms with E-state index in [1.807, 2.05) is 13.8 Å². The molecule has 0 aliphatic rings. The highest BCUT2D eigenvalue weighted by molar-refractivity contribution is 5.92. The zero-order valence-electron chi connectivity index (χ0n) is 9.80. The lowest BCUT2D eigenvalue weighted by molar-refractivity contribution is -0.142. The van der Waals surface area contributed by atoms with Crippen molar-refractivity contribution in [2.24, 2.45) is 11.8 Å². The number of carbonyl (C=O) groups is 2. The first-order valence-corrected chi connectivity index (χ1v) is 5.37. The van der Waals surface area contributed by atoms with Crippen LogP contribution in [0.15, 0.2) is 6.20 Å². The van der Waals surface area contributed by atoms with Crippen LogP contribution in [0.5, 0.6) is 0 Å². The Morgan fingerprint density at radius 3 is 2.71 bits per heavy atom. The molecule has 0 fully saturated rings. The Morgan fingerprint density at radius 2 is 2.24 bits per heavy atom. The summed E-state index contributed by atoms with van der Waals surface area (Å²) < 4.78 is 0. The predicted molar refractivity (Wildman–Crippen MR) is 59.3 cm³/mol. The maximum atomic E-state index is 11.5. The zero-order valence-corrected chi connectivity index (χ0v) is 9.80. The highest BCUT2D eigenvalue weighted by Crippen LogP contribution is 2.11. The van der Waals surface area contributed by atoms with Crippen LogP contribution < -0.4 is 5.32 Å². The van der Waals surface area contributed by atoms with Crippen LogP contribution in [0, 0.1) is 11.8 Å². The summed E-state index contributed by atoms with van der Waals surface area (Å²) in [5.41, 5.74) is 0.152. The molecule has 0 aliphatic heterocycles. The van der Waals surface area contributed by atoms with E-state index in [4.69, 9.17) is 5.11 Å². The quantitative estimate of drug-likeness (QED) is 0.662. The molecule has 1 atom stereocenters. The number of nitrogens with zero attached hydrogens (tertiary/aromatic N) is 2. The molecular weight excluding hydrogens is 224 g/mol. The van der Waals surface area contributed by atoms with Crippen molar-refractivity contribution < 1.29 is 14.7 Å². The van der Waals surface area contributed by atoms with Gasteiger partial charge >= 0.3 is 5.97 Å². The van der Waals surface area contributed by atoms with E-state index in [-0.39, 0.29) is 18.2 Å². The van der Waals surface area contributed by atoms with Gasteiger partial charge in [0.05, 0.1) is 12.1 Å². The highest BCUT2D eigenvalue weighted by Gasteiger charge is 2.20. The van der Waals surface area contributed by atoms with E-state index in [2.05, 4.69) is 20.7 Å². The lowest BCUT2D eigenvalue weighted by Crippen LogP contribution is -2.33. The fraction of sp³-hybridized carbons (Fsp3) is 0.600. The molecule has 3 N–H and O–H groups in total. The number of carboxylic acids is 1. The van der Waals surface area contributed by atoms with Crippen LogP contribution in [-0.4, -0.2) is 38.9 Å². The first kappa shape index (κ1) is 13.1. The van der Waals surface area contributed by atoms with Crippen LogP contribution in [-0.2, 0) is 4.79 Å². The molecule has 1 heterocycles. The molecule has 0 saturated heterocycles. The number of H-pyrrole nitrogens is 1. The molecule has 94 valence electrons. The molecule has 7 nitrogen and oxygen atoms in total. The Labute approximate surface area is 98.6 Å². The Kier molecular flexibility index (Phi) is 4.62. The van der Waals surface area contributed by atoms with Gasteiger partial charge in [0.25, 0.3) is 5.91 Å². The number of aromatic nitrogens is 3. The standard InChI is InChI=1S/C10H16N4O3/c1-6(2)3-7(10(16)17)4-11-9(15)8-5-12-14-13-8/h5-7H,3-4H2,1-2H3,(H,11,15)(H,16,17)(H,12,13,14). The Morgan fingerprint density at radius 1 is 1.53 bits per heavy atom. The normalized spacial score (nSPS) is 12.4. The molecule has 0 aromatic carbocycles. The van der Waals surface area contributed by atoms with Gasteiger partial charge in [-0.05, 0) is 12.3 Å². The van der Waals surface area contributed by atoms with Crippen LogP contribution in [0.25, 0.3) is 0 Å². The van der Waals surface area contributed by atoms with Crippen molar-refractivity contribution >= 4 is 11.9 Å². The summed E-state index contributed by atoms with van der Waals surface area (Å²) in [4.78, 5) is 22.4. The van der Waals surface area contributed by atoms with Crippen molar-refractivity contribution in [2.45, 2.75) is 20.3 Å². The van der Waals surface area contributed by atoms with E-state index >= 15 is 0 Å². The number of hydrogen-bond acceptors (Lipinski definition) is 4. The smallest absolute Gasteiger partial charge is 0.308 e. The van der Waals surface area contributed by atoms with Gasteiger partial charge < -0.3 is 10.4 Å². The molecule has 0 radical (unpaired) electrons. The van der Waals surface area contributed by atoms with Crippen molar-refractivity contribution in [2.75, 3.05) is 6.54 Å². The minimum absolute atomic E-state index is 0.0964. The summed E-state index contributed by atoms with van der Waals surface area (Å²) in [7, 11) is 0. The number of aromatic amines is 1. The van der Waals surface area contributed by atoms with Gasteiger partial charge in [0.1, 0.15) is 0 Å². The Balaban J connectivity index is 2.47. The average Bonchev–Trinajstić information content (AvgIpc) is 2.76. The van der Waals surface area contributed by atoms with Crippen LogP contribution in [0.3, 0.4) is 0 Å². The fourth-order valence-corrected chi connectivity index (χ4v) is 1.46. The summed E-state index contributed by atoms with van der Waals surface area (Å²) >= 11 is 0. The van der Waals surface area contributed by atoms with Gasteiger partial charge in [0.2, 0.25) is 0 Å². The van der Waals surface area contributed by atoms with Crippen molar-refractivity contribution in [3.05, 3.63) is 11.9 Å².